The van der Waals surface area contributed by atoms with Gasteiger partial charge in [-0.3, -0.25) is 4.79 Å². The number of carbonyl (C=O) groups is 1. The fourth-order valence-electron chi connectivity index (χ4n) is 3.40. The lowest BCUT2D eigenvalue weighted by Gasteiger charge is -2.21. The number of carbonyl (C=O) groups excluding carboxylic acids is 1. The smallest absolute Gasteiger partial charge is 0.248 e. The Hall–Kier alpha value is -1.37. The molecule has 0 aliphatic heterocycles. The second-order valence-corrected chi connectivity index (χ2v) is 8.90. The molecule has 2 rings (SSSR count). The van der Waals surface area contributed by atoms with Crippen LogP contribution in [0.4, 0.5) is 0 Å². The van der Waals surface area contributed by atoms with Crippen molar-refractivity contribution in [1.29, 1.82) is 0 Å². The predicted molar refractivity (Wildman–Crippen MR) is 103 cm³/mol. The first-order valence-corrected chi connectivity index (χ1v) is 10.7. The standard InChI is InChI=1S/C19H26ClNO4S/c1-4-21(5-2)26(24,25)19-17(20)10-9-15(18(19)23)12-16(22)11-14-8-6-7-13(14)3/h7,9-10,14,23H,4-6,8,11-12H2,1-3H3. The highest BCUT2D eigenvalue weighted by molar-refractivity contribution is 7.89. The highest BCUT2D eigenvalue weighted by atomic mass is 35.5. The topological polar surface area (TPSA) is 74.7 Å². The third-order valence-electron chi connectivity index (χ3n) is 4.96. The van der Waals surface area contributed by atoms with E-state index in [1.54, 1.807) is 13.8 Å². The van der Waals surface area contributed by atoms with Crippen molar-refractivity contribution < 1.29 is 18.3 Å². The number of phenolic OH excluding ortho intramolecular Hbond substituents is 1. The molecule has 0 aromatic heterocycles. The van der Waals surface area contributed by atoms with E-state index in [9.17, 15) is 18.3 Å². The van der Waals surface area contributed by atoms with Gasteiger partial charge in [-0.1, -0.05) is 43.2 Å². The van der Waals surface area contributed by atoms with Crippen LogP contribution in [0.15, 0.2) is 28.7 Å². The fourth-order valence-corrected chi connectivity index (χ4v) is 5.47. The first-order chi connectivity index (χ1) is 12.2. The Morgan fingerprint density at radius 3 is 2.50 bits per heavy atom. The Bertz CT molecular complexity index is 813. The predicted octanol–water partition coefficient (Wildman–Crippen LogP) is 3.93. The summed E-state index contributed by atoms with van der Waals surface area (Å²) < 4.78 is 26.8. The van der Waals surface area contributed by atoms with E-state index in [1.807, 2.05) is 6.92 Å². The van der Waals surface area contributed by atoms with E-state index in [-0.39, 0.29) is 41.1 Å². The van der Waals surface area contributed by atoms with Crippen LogP contribution in [0, 0.1) is 5.92 Å². The number of benzene rings is 1. The SMILES string of the molecule is CCN(CC)S(=O)(=O)c1c(Cl)ccc(CC(=O)CC2CCC=C2C)c1O. The third-order valence-corrected chi connectivity index (χ3v) is 7.51. The number of allylic oxidation sites excluding steroid dienone is 2. The summed E-state index contributed by atoms with van der Waals surface area (Å²) in [5, 5.41) is 10.5. The minimum absolute atomic E-state index is 0.00640. The average Bonchev–Trinajstić information content (AvgIpc) is 2.96. The highest BCUT2D eigenvalue weighted by Crippen LogP contribution is 2.36. The number of rotatable bonds is 8. The van der Waals surface area contributed by atoms with Crippen LogP contribution in [-0.2, 0) is 21.2 Å². The number of sulfonamides is 1. The Kier molecular flexibility index (Phi) is 6.88. The minimum atomic E-state index is -3.92. The van der Waals surface area contributed by atoms with Crippen LogP contribution >= 0.6 is 11.6 Å². The van der Waals surface area contributed by atoms with Gasteiger partial charge in [0.15, 0.2) is 0 Å². The summed E-state index contributed by atoms with van der Waals surface area (Å²) in [4.78, 5) is 12.1. The van der Waals surface area contributed by atoms with Gasteiger partial charge in [0.1, 0.15) is 16.4 Å². The summed E-state index contributed by atoms with van der Waals surface area (Å²) in [6.07, 6.45) is 4.50. The van der Waals surface area contributed by atoms with Crippen LogP contribution in [0.1, 0.15) is 45.6 Å². The van der Waals surface area contributed by atoms with Crippen molar-refractivity contribution in [2.75, 3.05) is 13.1 Å². The van der Waals surface area contributed by atoms with Crippen molar-refractivity contribution >= 4 is 27.4 Å². The Balaban J connectivity index is 2.29. The van der Waals surface area contributed by atoms with Crippen LogP contribution in [0.2, 0.25) is 5.02 Å². The van der Waals surface area contributed by atoms with Gasteiger partial charge in [-0.15, -0.1) is 0 Å². The summed E-state index contributed by atoms with van der Waals surface area (Å²) in [5.74, 6) is -0.194. The molecule has 0 saturated carbocycles. The zero-order chi connectivity index (χ0) is 19.5. The van der Waals surface area contributed by atoms with Gasteiger partial charge in [0.05, 0.1) is 5.02 Å². The Morgan fingerprint density at radius 2 is 1.96 bits per heavy atom. The molecule has 1 atom stereocenters. The lowest BCUT2D eigenvalue weighted by molar-refractivity contribution is -0.119. The van der Waals surface area contributed by atoms with Gasteiger partial charge in [-0.25, -0.2) is 8.42 Å². The Morgan fingerprint density at radius 1 is 1.31 bits per heavy atom. The summed E-state index contributed by atoms with van der Waals surface area (Å²) >= 11 is 6.08. The molecule has 1 aromatic carbocycles. The van der Waals surface area contributed by atoms with Gasteiger partial charge < -0.3 is 5.11 Å². The number of Topliss-reactive ketones (excluding diaryl/α,β-unsaturated/α-hetero) is 1. The molecule has 0 amide bonds. The van der Waals surface area contributed by atoms with Crippen LogP contribution in [0.3, 0.4) is 0 Å². The number of hydrogen-bond donors (Lipinski definition) is 1. The first kappa shape index (κ1) is 20.9. The monoisotopic (exact) mass is 399 g/mol. The van der Waals surface area contributed by atoms with Crippen molar-refractivity contribution in [2.24, 2.45) is 5.92 Å². The van der Waals surface area contributed by atoms with Crippen molar-refractivity contribution in [2.45, 2.75) is 51.3 Å². The number of ketones is 1. The van der Waals surface area contributed by atoms with E-state index in [1.165, 1.54) is 22.0 Å². The first-order valence-electron chi connectivity index (χ1n) is 8.91. The third kappa shape index (κ3) is 4.30. The molecule has 0 fully saturated rings. The molecule has 0 bridgehead atoms. The van der Waals surface area contributed by atoms with Crippen molar-refractivity contribution in [3.63, 3.8) is 0 Å². The van der Waals surface area contributed by atoms with Gasteiger partial charge in [0.25, 0.3) is 0 Å². The molecule has 0 heterocycles. The molecule has 1 aliphatic carbocycles. The van der Waals surface area contributed by atoms with Gasteiger partial charge >= 0.3 is 0 Å². The largest absolute Gasteiger partial charge is 0.506 e. The van der Waals surface area contributed by atoms with Gasteiger partial charge in [-0.2, -0.15) is 4.31 Å². The molecule has 1 aliphatic rings. The van der Waals surface area contributed by atoms with Crippen LogP contribution < -0.4 is 0 Å². The molecule has 0 radical (unpaired) electrons. The van der Waals surface area contributed by atoms with Gasteiger partial charge in [0.2, 0.25) is 10.0 Å². The van der Waals surface area contributed by atoms with Crippen molar-refractivity contribution in [3.05, 3.63) is 34.4 Å². The molecule has 5 nitrogen and oxygen atoms in total. The van der Waals surface area contributed by atoms with Crippen LogP contribution in [0.5, 0.6) is 5.75 Å². The minimum Gasteiger partial charge on any atom is -0.506 e. The van der Waals surface area contributed by atoms with Gasteiger partial charge in [-0.05, 0) is 31.7 Å². The lowest BCUT2D eigenvalue weighted by Crippen LogP contribution is -2.31. The lowest BCUT2D eigenvalue weighted by atomic mass is 9.93. The number of hydrogen-bond acceptors (Lipinski definition) is 4. The summed E-state index contributed by atoms with van der Waals surface area (Å²) in [6.45, 7) is 6.00. The number of aromatic hydroxyl groups is 1. The van der Waals surface area contributed by atoms with Crippen LogP contribution in [0.25, 0.3) is 0 Å². The number of halogens is 1. The maximum Gasteiger partial charge on any atom is 0.248 e. The summed E-state index contributed by atoms with van der Waals surface area (Å²) in [5.41, 5.74) is 1.52. The maximum atomic E-state index is 12.8. The molecule has 1 N–H and O–H groups in total. The molecule has 1 unspecified atom stereocenters. The maximum absolute atomic E-state index is 12.8. The molecule has 0 saturated heterocycles. The van der Waals surface area contributed by atoms with E-state index in [4.69, 9.17) is 11.6 Å². The Labute approximate surface area is 160 Å². The van der Waals surface area contributed by atoms with Crippen molar-refractivity contribution in [1.82, 2.24) is 4.31 Å². The fraction of sp³-hybridized carbons (Fsp3) is 0.526. The normalized spacial score (nSPS) is 17.6. The van der Waals surface area contributed by atoms with E-state index >= 15 is 0 Å². The average molecular weight is 400 g/mol. The number of nitrogens with zero attached hydrogens (tertiary/aromatic N) is 1. The zero-order valence-corrected chi connectivity index (χ0v) is 17.0. The molecule has 7 heteroatoms. The highest BCUT2D eigenvalue weighted by Gasteiger charge is 2.30. The summed E-state index contributed by atoms with van der Waals surface area (Å²) in [7, 11) is -3.92. The van der Waals surface area contributed by atoms with Gasteiger partial charge in [0, 0.05) is 31.5 Å². The molecular formula is C19H26ClNO4S. The second-order valence-electron chi connectivity index (χ2n) is 6.62. The second kappa shape index (κ2) is 8.55. The number of phenols is 1. The molecular weight excluding hydrogens is 374 g/mol. The van der Waals surface area contributed by atoms with E-state index in [0.29, 0.717) is 12.0 Å². The quantitative estimate of drug-likeness (QED) is 0.672. The van der Waals surface area contributed by atoms with E-state index < -0.39 is 15.8 Å². The van der Waals surface area contributed by atoms with E-state index in [2.05, 4.69) is 6.08 Å². The molecule has 1 aromatic rings. The van der Waals surface area contributed by atoms with Crippen LogP contribution in [-0.4, -0.2) is 36.7 Å². The van der Waals surface area contributed by atoms with Crippen molar-refractivity contribution in [3.8, 4) is 5.75 Å². The molecule has 144 valence electrons. The molecule has 0 spiro atoms. The summed E-state index contributed by atoms with van der Waals surface area (Å²) in [6, 6.07) is 2.95. The molecule has 26 heavy (non-hydrogen) atoms. The van der Waals surface area contributed by atoms with E-state index in [0.717, 1.165) is 12.8 Å². The zero-order valence-electron chi connectivity index (χ0n) is 15.5.